The van der Waals surface area contributed by atoms with Gasteiger partial charge in [-0.05, 0) is 36.4 Å². The summed E-state index contributed by atoms with van der Waals surface area (Å²) in [5.74, 6) is -4.45. The smallest absolute Gasteiger partial charge is 0.352 e. The molecule has 1 heterocycles. The fourth-order valence-corrected chi connectivity index (χ4v) is 3.39. The molecule has 5 nitrogen and oxygen atoms in total. The van der Waals surface area contributed by atoms with Crippen LogP contribution >= 0.6 is 11.3 Å². The molecule has 0 unspecified atom stereocenters. The molecule has 8 heteroatoms. The molecule has 3 aromatic rings. The molecule has 2 aromatic carbocycles. The summed E-state index contributed by atoms with van der Waals surface area (Å²) in [5, 5.41) is 21.3. The van der Waals surface area contributed by atoms with Crippen LogP contribution < -0.4 is 5.32 Å². The molecule has 1 amide bonds. The number of phenols is 1. The van der Waals surface area contributed by atoms with Crippen molar-refractivity contribution in [2.24, 2.45) is 0 Å². The maximum atomic E-state index is 13.9. The molecule has 3 N–H and O–H groups in total. The Hall–Kier alpha value is -3.52. The van der Waals surface area contributed by atoms with Crippen LogP contribution in [0.3, 0.4) is 0 Å². The van der Waals surface area contributed by atoms with E-state index in [1.165, 1.54) is 54.6 Å². The van der Waals surface area contributed by atoms with Crippen molar-refractivity contribution in [3.05, 3.63) is 82.4 Å². The van der Waals surface area contributed by atoms with Gasteiger partial charge in [-0.15, -0.1) is 11.3 Å². The highest BCUT2D eigenvalue weighted by molar-refractivity contribution is 7.16. The molecule has 0 saturated carbocycles. The molecule has 0 aliphatic carbocycles. The zero-order chi connectivity index (χ0) is 20.3. The SMILES string of the molecule is O=C(O)/C(=C\c1ccc(-c2cccc(F)c2F)s1)NC(=O)c1ccccc1O. The highest BCUT2D eigenvalue weighted by Gasteiger charge is 2.17. The van der Waals surface area contributed by atoms with Crippen molar-refractivity contribution in [1.29, 1.82) is 0 Å². The number of hydrogen-bond acceptors (Lipinski definition) is 4. The maximum absolute atomic E-state index is 13.9. The molecule has 0 atom stereocenters. The predicted molar refractivity (Wildman–Crippen MR) is 101 cm³/mol. The Labute approximate surface area is 162 Å². The zero-order valence-electron chi connectivity index (χ0n) is 14.1. The first-order chi connectivity index (χ1) is 13.4. The number of carbonyl (C=O) groups excluding carboxylic acids is 1. The van der Waals surface area contributed by atoms with E-state index in [-0.39, 0.29) is 16.9 Å². The number of thiophene rings is 1. The molecule has 142 valence electrons. The number of aliphatic carboxylic acids is 1. The van der Waals surface area contributed by atoms with E-state index in [2.05, 4.69) is 5.32 Å². The van der Waals surface area contributed by atoms with Gasteiger partial charge in [-0.25, -0.2) is 13.6 Å². The number of carbonyl (C=O) groups is 2. The van der Waals surface area contributed by atoms with Crippen LogP contribution in [0.25, 0.3) is 16.5 Å². The highest BCUT2D eigenvalue weighted by atomic mass is 32.1. The first kappa shape index (κ1) is 19.2. The summed E-state index contributed by atoms with van der Waals surface area (Å²) < 4.78 is 27.3. The summed E-state index contributed by atoms with van der Waals surface area (Å²) in [7, 11) is 0. The van der Waals surface area contributed by atoms with E-state index in [1.54, 1.807) is 0 Å². The van der Waals surface area contributed by atoms with Gasteiger partial charge in [0, 0.05) is 15.3 Å². The lowest BCUT2D eigenvalue weighted by atomic mass is 10.1. The van der Waals surface area contributed by atoms with Crippen molar-refractivity contribution >= 4 is 29.3 Å². The molecule has 0 aliphatic heterocycles. The molecule has 0 radical (unpaired) electrons. The lowest BCUT2D eigenvalue weighted by Crippen LogP contribution is -2.27. The molecular weight excluding hydrogens is 388 g/mol. The van der Waals surface area contributed by atoms with Gasteiger partial charge in [0.25, 0.3) is 5.91 Å². The second-order valence-corrected chi connectivity index (χ2v) is 6.75. The number of carboxylic acid groups (broad SMARTS) is 1. The number of amides is 1. The third kappa shape index (κ3) is 4.07. The molecule has 28 heavy (non-hydrogen) atoms. The maximum Gasteiger partial charge on any atom is 0.352 e. The highest BCUT2D eigenvalue weighted by Crippen LogP contribution is 2.32. The van der Waals surface area contributed by atoms with E-state index in [4.69, 9.17) is 0 Å². The first-order valence-corrected chi connectivity index (χ1v) is 8.77. The molecule has 0 aliphatic rings. The second kappa shape index (κ2) is 8.01. The van der Waals surface area contributed by atoms with Crippen LogP contribution in [0.15, 0.2) is 60.3 Å². The Morgan fingerprint density at radius 3 is 2.46 bits per heavy atom. The lowest BCUT2D eigenvalue weighted by molar-refractivity contribution is -0.132. The van der Waals surface area contributed by atoms with E-state index in [1.807, 2.05) is 0 Å². The summed E-state index contributed by atoms with van der Waals surface area (Å²) in [4.78, 5) is 24.5. The minimum Gasteiger partial charge on any atom is -0.507 e. The minimum absolute atomic E-state index is 0.0553. The van der Waals surface area contributed by atoms with Gasteiger partial charge in [-0.3, -0.25) is 4.79 Å². The predicted octanol–water partition coefficient (Wildman–Crippen LogP) is 4.25. The average Bonchev–Trinajstić information content (AvgIpc) is 3.12. The summed E-state index contributed by atoms with van der Waals surface area (Å²) >= 11 is 1.03. The number of phenolic OH excluding ortho intramolecular Hbond substituents is 1. The van der Waals surface area contributed by atoms with Crippen molar-refractivity contribution < 1.29 is 28.6 Å². The summed E-state index contributed by atoms with van der Waals surface area (Å²) in [6.07, 6.45) is 1.20. The van der Waals surface area contributed by atoms with Crippen LogP contribution in [0.1, 0.15) is 15.2 Å². The number of rotatable bonds is 5. The third-order valence-electron chi connectivity index (χ3n) is 3.76. The molecule has 0 fully saturated rings. The van der Waals surface area contributed by atoms with Crippen LogP contribution in [-0.2, 0) is 4.79 Å². The Morgan fingerprint density at radius 1 is 1.00 bits per heavy atom. The van der Waals surface area contributed by atoms with Crippen LogP contribution in [0.5, 0.6) is 5.75 Å². The number of hydrogen-bond donors (Lipinski definition) is 3. The number of benzene rings is 2. The van der Waals surface area contributed by atoms with Gasteiger partial charge in [-0.2, -0.15) is 0 Å². The number of para-hydroxylation sites is 1. The molecule has 0 spiro atoms. The van der Waals surface area contributed by atoms with Crippen molar-refractivity contribution in [2.45, 2.75) is 0 Å². The summed E-state index contributed by atoms with van der Waals surface area (Å²) in [6.45, 7) is 0. The fourth-order valence-electron chi connectivity index (χ4n) is 2.42. The Bertz CT molecular complexity index is 1090. The van der Waals surface area contributed by atoms with Gasteiger partial charge in [0.1, 0.15) is 11.4 Å². The van der Waals surface area contributed by atoms with Gasteiger partial charge in [0.05, 0.1) is 5.56 Å². The van der Waals surface area contributed by atoms with Gasteiger partial charge >= 0.3 is 5.97 Å². The van der Waals surface area contributed by atoms with E-state index in [0.29, 0.717) is 9.75 Å². The Balaban J connectivity index is 1.88. The van der Waals surface area contributed by atoms with Crippen molar-refractivity contribution in [3.8, 4) is 16.2 Å². The largest absolute Gasteiger partial charge is 0.507 e. The van der Waals surface area contributed by atoms with Crippen molar-refractivity contribution in [2.75, 3.05) is 0 Å². The number of carboxylic acids is 1. The van der Waals surface area contributed by atoms with Crippen LogP contribution in [-0.4, -0.2) is 22.1 Å². The quantitative estimate of drug-likeness (QED) is 0.558. The van der Waals surface area contributed by atoms with Crippen LogP contribution in [0, 0.1) is 11.6 Å². The van der Waals surface area contributed by atoms with Crippen molar-refractivity contribution in [1.82, 2.24) is 5.32 Å². The van der Waals surface area contributed by atoms with Crippen LogP contribution in [0.4, 0.5) is 8.78 Å². The number of aromatic hydroxyl groups is 1. The summed E-state index contributed by atoms with van der Waals surface area (Å²) in [6, 6.07) is 12.5. The average molecular weight is 401 g/mol. The molecule has 0 bridgehead atoms. The Kier molecular flexibility index (Phi) is 5.51. The molecular formula is C20H13F2NO4S. The van der Waals surface area contributed by atoms with Gasteiger partial charge in [-0.1, -0.05) is 24.3 Å². The fraction of sp³-hybridized carbons (Fsp3) is 0. The monoisotopic (exact) mass is 401 g/mol. The lowest BCUT2D eigenvalue weighted by Gasteiger charge is -2.07. The topological polar surface area (TPSA) is 86.6 Å². The third-order valence-corrected chi connectivity index (χ3v) is 4.82. The molecule has 1 aromatic heterocycles. The molecule has 3 rings (SSSR count). The van der Waals surface area contributed by atoms with E-state index >= 15 is 0 Å². The molecule has 0 saturated heterocycles. The number of halogens is 2. The zero-order valence-corrected chi connectivity index (χ0v) is 15.0. The number of nitrogens with one attached hydrogen (secondary N) is 1. The van der Waals surface area contributed by atoms with E-state index < -0.39 is 29.2 Å². The Morgan fingerprint density at radius 2 is 1.75 bits per heavy atom. The first-order valence-electron chi connectivity index (χ1n) is 7.95. The van der Waals surface area contributed by atoms with E-state index in [0.717, 1.165) is 17.4 Å². The van der Waals surface area contributed by atoms with Crippen LogP contribution in [0.2, 0.25) is 0 Å². The minimum atomic E-state index is -1.39. The van der Waals surface area contributed by atoms with Gasteiger partial charge < -0.3 is 15.5 Å². The second-order valence-electron chi connectivity index (χ2n) is 5.64. The van der Waals surface area contributed by atoms with Gasteiger partial charge in [0.2, 0.25) is 0 Å². The van der Waals surface area contributed by atoms with Gasteiger partial charge in [0.15, 0.2) is 11.6 Å². The normalized spacial score (nSPS) is 11.3. The standard InChI is InChI=1S/C20H13F2NO4S/c21-14-6-3-5-13(18(14)22)17-9-8-11(28-17)10-15(20(26)27)23-19(25)12-4-1-2-7-16(12)24/h1-10,24H,(H,23,25)(H,26,27)/b15-10+. The van der Waals surface area contributed by atoms with Crippen molar-refractivity contribution in [3.63, 3.8) is 0 Å². The van der Waals surface area contributed by atoms with E-state index in [9.17, 15) is 28.6 Å². The summed E-state index contributed by atoms with van der Waals surface area (Å²) in [5.41, 5.74) is -0.454.